The van der Waals surface area contributed by atoms with Crippen LogP contribution >= 0.6 is 0 Å². The van der Waals surface area contributed by atoms with Gasteiger partial charge in [0, 0.05) is 5.69 Å². The fourth-order valence-corrected chi connectivity index (χ4v) is 3.65. The molecular weight excluding hydrogens is 344 g/mol. The van der Waals surface area contributed by atoms with Crippen molar-refractivity contribution in [2.45, 2.75) is 13.8 Å². The van der Waals surface area contributed by atoms with E-state index in [9.17, 15) is 15.1 Å². The first-order valence-electron chi connectivity index (χ1n) is 9.16. The summed E-state index contributed by atoms with van der Waals surface area (Å²) in [6.07, 6.45) is 1.69. The quantitative estimate of drug-likeness (QED) is 0.311. The van der Waals surface area contributed by atoms with Crippen molar-refractivity contribution in [3.8, 4) is 5.75 Å². The minimum Gasteiger partial charge on any atom is -0.633 e. The average Bonchev–Trinajstić information content (AvgIpc) is 3.11. The lowest BCUT2D eigenvalue weighted by atomic mass is 10.1. The fourth-order valence-electron chi connectivity index (χ4n) is 3.65. The summed E-state index contributed by atoms with van der Waals surface area (Å²) in [6.45, 7) is 5.70. The molecule has 27 heavy (non-hydrogen) atoms. The number of imidazole rings is 1. The van der Waals surface area contributed by atoms with E-state index in [0.29, 0.717) is 48.2 Å². The van der Waals surface area contributed by atoms with Crippen molar-refractivity contribution in [2.24, 2.45) is 0 Å². The van der Waals surface area contributed by atoms with Gasteiger partial charge in [0.1, 0.15) is 12.1 Å². The molecule has 2 N–H and O–H groups in total. The lowest BCUT2D eigenvalue weighted by Crippen LogP contribution is -2.44. The summed E-state index contributed by atoms with van der Waals surface area (Å²) in [5.41, 5.74) is 2.71. The van der Waals surface area contributed by atoms with E-state index in [1.54, 1.807) is 18.5 Å². The number of phenols is 1. The molecule has 0 aliphatic rings. The van der Waals surface area contributed by atoms with Crippen LogP contribution < -0.4 is 10.7 Å². The van der Waals surface area contributed by atoms with E-state index in [0.717, 1.165) is 11.0 Å². The number of likely N-dealkylation sites (N-methyl/N-ethyl adjacent to an activating group) is 1. The second-order valence-corrected chi connectivity index (χ2v) is 6.84. The van der Waals surface area contributed by atoms with Gasteiger partial charge in [0.15, 0.2) is 5.43 Å². The van der Waals surface area contributed by atoms with Crippen molar-refractivity contribution >= 4 is 33.0 Å². The molecule has 0 radical (unpaired) electrons. The fraction of sp³-hybridized carbons (Fsp3) is 0.300. The molecule has 7 heteroatoms. The van der Waals surface area contributed by atoms with Crippen LogP contribution in [0, 0.1) is 5.21 Å². The van der Waals surface area contributed by atoms with Crippen LogP contribution in [0.5, 0.6) is 5.75 Å². The van der Waals surface area contributed by atoms with Crippen molar-refractivity contribution in [1.82, 2.24) is 9.38 Å². The molecule has 0 fully saturated rings. The first kappa shape index (κ1) is 17.5. The Morgan fingerprint density at radius 3 is 2.74 bits per heavy atom. The number of hydroxylamine groups is 3. The molecule has 0 saturated heterocycles. The van der Waals surface area contributed by atoms with Crippen molar-refractivity contribution in [2.75, 3.05) is 31.5 Å². The largest absolute Gasteiger partial charge is 0.633 e. The van der Waals surface area contributed by atoms with Gasteiger partial charge < -0.3 is 20.3 Å². The molecule has 0 amide bonds. The maximum Gasteiger partial charge on any atom is 0.199 e. The molecule has 2 heterocycles. The summed E-state index contributed by atoms with van der Waals surface area (Å²) < 4.78 is 1.60. The summed E-state index contributed by atoms with van der Waals surface area (Å²) in [4.78, 5) is 17.6. The summed E-state index contributed by atoms with van der Waals surface area (Å²) in [6, 6.07) is 8.47. The first-order chi connectivity index (χ1) is 13.0. The molecule has 2 aromatic heterocycles. The van der Waals surface area contributed by atoms with Crippen LogP contribution in [0.3, 0.4) is 0 Å². The van der Waals surface area contributed by atoms with Crippen LogP contribution in [-0.2, 0) is 0 Å². The third-order valence-corrected chi connectivity index (χ3v) is 5.41. The second-order valence-electron chi connectivity index (χ2n) is 6.84. The number of nitrogens with one attached hydrogen (secondary N) is 1. The molecule has 4 aromatic rings. The minimum absolute atomic E-state index is 0.0479. The molecule has 0 atom stereocenters. The Morgan fingerprint density at radius 1 is 1.22 bits per heavy atom. The molecule has 0 spiro atoms. The van der Waals surface area contributed by atoms with E-state index < -0.39 is 0 Å². The molecule has 0 aliphatic carbocycles. The van der Waals surface area contributed by atoms with E-state index in [2.05, 4.69) is 10.3 Å². The van der Waals surface area contributed by atoms with Gasteiger partial charge in [-0.15, -0.1) is 0 Å². The number of hydrogen-bond acceptors (Lipinski definition) is 5. The highest BCUT2D eigenvalue weighted by molar-refractivity contribution is 6.07. The monoisotopic (exact) mass is 366 g/mol. The first-order valence-corrected chi connectivity index (χ1v) is 9.16. The van der Waals surface area contributed by atoms with Crippen molar-refractivity contribution in [1.29, 1.82) is 0 Å². The number of phenolic OH excluding ortho intramolecular Hbond substituents is 1. The summed E-state index contributed by atoms with van der Waals surface area (Å²) >= 11 is 0. The number of aromatic hydroxyl groups is 1. The molecule has 2 aromatic carbocycles. The molecule has 0 saturated carbocycles. The van der Waals surface area contributed by atoms with Crippen molar-refractivity contribution < 1.29 is 9.75 Å². The Hall–Kier alpha value is -2.90. The molecule has 140 valence electrons. The topological polar surface area (TPSA) is 89.7 Å². The average molecular weight is 366 g/mol. The third-order valence-electron chi connectivity index (χ3n) is 5.41. The number of anilines is 1. The predicted molar refractivity (Wildman–Crippen MR) is 107 cm³/mol. The van der Waals surface area contributed by atoms with Gasteiger partial charge in [-0.05, 0) is 44.2 Å². The summed E-state index contributed by atoms with van der Waals surface area (Å²) in [5, 5.41) is 26.5. The van der Waals surface area contributed by atoms with Crippen molar-refractivity contribution in [3.05, 3.63) is 52.1 Å². The molecule has 7 nitrogen and oxygen atoms in total. The Kier molecular flexibility index (Phi) is 4.13. The number of quaternary nitrogens is 1. The van der Waals surface area contributed by atoms with Crippen LogP contribution in [0.25, 0.3) is 27.3 Å². The third kappa shape index (κ3) is 2.75. The number of hydrogen-bond donors (Lipinski definition) is 2. The van der Waals surface area contributed by atoms with E-state index in [4.69, 9.17) is 0 Å². The Balaban J connectivity index is 1.85. The SMILES string of the molecule is CC[N+]([O-])(CC)CCNc1ccc2ncn3c4ccc(O)cc4c(=O)c1c23. The normalized spacial score (nSPS) is 12.4. The van der Waals surface area contributed by atoms with Gasteiger partial charge in [-0.2, -0.15) is 0 Å². The van der Waals surface area contributed by atoms with Gasteiger partial charge in [0.2, 0.25) is 0 Å². The van der Waals surface area contributed by atoms with Crippen LogP contribution in [0.15, 0.2) is 41.5 Å². The highest BCUT2D eigenvalue weighted by Crippen LogP contribution is 2.29. The predicted octanol–water partition coefficient (Wildman–Crippen LogP) is 2.91. The number of pyridine rings is 1. The zero-order valence-corrected chi connectivity index (χ0v) is 15.4. The molecule has 0 aliphatic heterocycles. The number of aromatic nitrogens is 2. The van der Waals surface area contributed by atoms with Gasteiger partial charge in [-0.25, -0.2) is 4.98 Å². The number of rotatable bonds is 6. The molecule has 0 unspecified atom stereocenters. The number of fused-ring (bicyclic) bond motifs is 2. The Labute approximate surface area is 156 Å². The van der Waals surface area contributed by atoms with Gasteiger partial charge in [-0.3, -0.25) is 9.20 Å². The lowest BCUT2D eigenvalue weighted by Gasteiger charge is -2.41. The van der Waals surface area contributed by atoms with Gasteiger partial charge in [0.05, 0.1) is 53.5 Å². The standard InChI is InChI=1S/C20H22N4O3/c1-3-24(27,4-2)10-9-21-15-6-7-16-19-18(15)20(26)14-11-13(25)5-8-17(14)23(19)12-22-16/h5-8,11-12,21,25H,3-4,9-10H2,1-2H3. The molecule has 4 rings (SSSR count). The Morgan fingerprint density at radius 2 is 2.00 bits per heavy atom. The van der Waals surface area contributed by atoms with E-state index >= 15 is 0 Å². The Bertz CT molecular complexity index is 1180. The maximum atomic E-state index is 13.2. The summed E-state index contributed by atoms with van der Waals surface area (Å²) in [5.74, 6) is 0.0479. The minimum atomic E-state index is -0.271. The number of benzene rings is 2. The number of nitrogens with zero attached hydrogens (tertiary/aromatic N) is 3. The van der Waals surface area contributed by atoms with Gasteiger partial charge >= 0.3 is 0 Å². The van der Waals surface area contributed by atoms with Crippen LogP contribution in [-0.4, -0.2) is 45.3 Å². The highest BCUT2D eigenvalue weighted by Gasteiger charge is 2.17. The van der Waals surface area contributed by atoms with Gasteiger partial charge in [0.25, 0.3) is 0 Å². The molecular formula is C20H22N4O3. The molecule has 0 bridgehead atoms. The summed E-state index contributed by atoms with van der Waals surface area (Å²) in [7, 11) is 0. The maximum absolute atomic E-state index is 13.2. The highest BCUT2D eigenvalue weighted by atomic mass is 16.5. The zero-order valence-electron chi connectivity index (χ0n) is 15.4. The lowest BCUT2D eigenvalue weighted by molar-refractivity contribution is -0.875. The van der Waals surface area contributed by atoms with Crippen LogP contribution in [0.2, 0.25) is 0 Å². The van der Waals surface area contributed by atoms with Crippen LogP contribution in [0.4, 0.5) is 5.69 Å². The van der Waals surface area contributed by atoms with E-state index in [1.165, 1.54) is 6.07 Å². The smallest absolute Gasteiger partial charge is 0.199 e. The van der Waals surface area contributed by atoms with E-state index in [1.807, 2.05) is 30.4 Å². The zero-order chi connectivity index (χ0) is 19.2. The van der Waals surface area contributed by atoms with E-state index in [-0.39, 0.29) is 15.8 Å². The van der Waals surface area contributed by atoms with Gasteiger partial charge in [-0.1, -0.05) is 0 Å². The van der Waals surface area contributed by atoms with Crippen LogP contribution in [0.1, 0.15) is 13.8 Å². The van der Waals surface area contributed by atoms with Crippen molar-refractivity contribution in [3.63, 3.8) is 0 Å². The second kappa shape index (κ2) is 6.37.